The number of rotatable bonds is 8. The van der Waals surface area contributed by atoms with E-state index in [9.17, 15) is 0 Å². The van der Waals surface area contributed by atoms with E-state index in [2.05, 4.69) is 170 Å². The Balaban J connectivity index is 0.00000462. The fourth-order valence-electron chi connectivity index (χ4n) is 6.06. The van der Waals surface area contributed by atoms with Crippen molar-refractivity contribution in [2.75, 3.05) is 76.0 Å². The molecule has 0 bridgehead atoms. The Labute approximate surface area is 301 Å². The van der Waals surface area contributed by atoms with Crippen molar-refractivity contribution >= 4 is 51.6 Å². The summed E-state index contributed by atoms with van der Waals surface area (Å²) in [5.41, 5.74) is 10.6. The van der Waals surface area contributed by atoms with Crippen molar-refractivity contribution in [2.45, 2.75) is 27.7 Å². The molecule has 44 heavy (non-hydrogen) atoms. The zero-order valence-corrected chi connectivity index (χ0v) is 33.1. The Kier molecular flexibility index (Phi) is 15.8. The first-order chi connectivity index (χ1) is 18.8. The van der Waals surface area contributed by atoms with Crippen LogP contribution in [0.4, 0.5) is 22.7 Å². The maximum atomic E-state index is 2.46. The molecule has 0 aliphatic heterocycles. The minimum Gasteiger partial charge on any atom is -1.00 e. The molecule has 0 N–H and O–H groups in total. The largest absolute Gasteiger partial charge is 4.00 e. The molecule has 0 aliphatic rings. The van der Waals surface area contributed by atoms with Crippen LogP contribution in [-0.4, -0.2) is 64.5 Å². The molecule has 0 fully saturated rings. The number of benzene rings is 3. The minimum atomic E-state index is -2.82. The van der Waals surface area contributed by atoms with Crippen LogP contribution in [0.3, 0.4) is 0 Å². The standard InChI is InChI=1S/C35H47N4Si.3ClH.Ti/c1-24-25(2)27(4)35(26(24)3)40(32-16-14-13-15-17-32,33-20-28(36(5)6)18-29(21-33)37(7)8)34-22-30(38(9)10)19-31(23-34)39(11)12;;;;/h13-23H,1-12H3;3*1H;/q-1;;;;+4/p-3. The Morgan fingerprint density at radius 3 is 1.02 bits per heavy atom. The molecule has 4 nitrogen and oxygen atoms in total. The molecule has 0 aromatic heterocycles. The van der Waals surface area contributed by atoms with Gasteiger partial charge in [0.15, 0.2) is 0 Å². The first-order valence-corrected chi connectivity index (χ1v) is 16.1. The van der Waals surface area contributed by atoms with Crippen molar-refractivity contribution in [1.82, 2.24) is 0 Å². The zero-order chi connectivity index (χ0) is 29.5. The summed E-state index contributed by atoms with van der Waals surface area (Å²) in [6, 6.07) is 25.8. The second-order valence-corrected chi connectivity index (χ2v) is 15.8. The number of nitrogens with zero attached hydrogens (tertiary/aromatic N) is 4. The van der Waals surface area contributed by atoms with E-state index in [-0.39, 0.29) is 58.9 Å². The van der Waals surface area contributed by atoms with Gasteiger partial charge in [-0.15, -0.1) is 5.19 Å². The quantitative estimate of drug-likeness (QED) is 0.104. The Morgan fingerprint density at radius 1 is 0.455 bits per heavy atom. The summed E-state index contributed by atoms with van der Waals surface area (Å²) in [5.74, 6) is 0. The molecule has 0 aliphatic carbocycles. The zero-order valence-electron chi connectivity index (χ0n) is 28.3. The fourth-order valence-corrected chi connectivity index (χ4v) is 11.6. The molecule has 4 rings (SSSR count). The van der Waals surface area contributed by atoms with E-state index in [0.717, 1.165) is 0 Å². The van der Waals surface area contributed by atoms with Gasteiger partial charge in [0.05, 0.1) is 0 Å². The van der Waals surface area contributed by atoms with Gasteiger partial charge in [-0.3, -0.25) is 0 Å². The third kappa shape index (κ3) is 7.52. The molecule has 9 heteroatoms. The number of anilines is 4. The van der Waals surface area contributed by atoms with Crippen molar-refractivity contribution < 1.29 is 58.9 Å². The average Bonchev–Trinajstić information content (AvgIpc) is 3.12. The average molecular weight is 706 g/mol. The molecule has 4 aromatic carbocycles. The van der Waals surface area contributed by atoms with E-state index in [0.29, 0.717) is 0 Å². The van der Waals surface area contributed by atoms with Crippen LogP contribution in [0, 0.1) is 27.7 Å². The molecule has 4 aromatic rings. The van der Waals surface area contributed by atoms with Crippen LogP contribution < -0.4 is 77.6 Å². The maximum absolute atomic E-state index is 2.82. The smallest absolute Gasteiger partial charge is 1.00 e. The Morgan fingerprint density at radius 2 is 0.750 bits per heavy atom. The van der Waals surface area contributed by atoms with Crippen LogP contribution in [0.15, 0.2) is 66.7 Å². The predicted octanol–water partition coefficient (Wildman–Crippen LogP) is -4.71. The van der Waals surface area contributed by atoms with E-state index < -0.39 is 8.07 Å². The van der Waals surface area contributed by atoms with Crippen LogP contribution in [0.2, 0.25) is 0 Å². The molecule has 0 amide bonds. The van der Waals surface area contributed by atoms with Gasteiger partial charge in [0.2, 0.25) is 0 Å². The summed E-state index contributed by atoms with van der Waals surface area (Å²) >= 11 is 0. The van der Waals surface area contributed by atoms with E-state index >= 15 is 0 Å². The summed E-state index contributed by atoms with van der Waals surface area (Å²) in [4.78, 5) is 8.96. The number of halogens is 3. The molecule has 0 saturated carbocycles. The topological polar surface area (TPSA) is 13.0 Å². The normalized spacial score (nSPS) is 10.5. The number of hydrogen-bond acceptors (Lipinski definition) is 4. The van der Waals surface area contributed by atoms with Gasteiger partial charge in [-0.1, -0.05) is 73.6 Å². The second kappa shape index (κ2) is 16.5. The van der Waals surface area contributed by atoms with Gasteiger partial charge in [0, 0.05) is 79.1 Å². The molecule has 0 spiro atoms. The van der Waals surface area contributed by atoms with Gasteiger partial charge < -0.3 is 56.8 Å². The van der Waals surface area contributed by atoms with Crippen molar-refractivity contribution in [2.24, 2.45) is 0 Å². The van der Waals surface area contributed by atoms with E-state index in [4.69, 9.17) is 0 Å². The van der Waals surface area contributed by atoms with Crippen LogP contribution >= 0.6 is 0 Å². The monoisotopic (exact) mass is 704 g/mol. The molecule has 0 atom stereocenters. The van der Waals surface area contributed by atoms with Crippen LogP contribution in [-0.2, 0) is 21.7 Å². The van der Waals surface area contributed by atoms with Crippen LogP contribution in [0.25, 0.3) is 0 Å². The van der Waals surface area contributed by atoms with Crippen LogP contribution in [0.1, 0.15) is 22.3 Å². The van der Waals surface area contributed by atoms with Gasteiger partial charge in [0.25, 0.3) is 0 Å². The third-order valence-corrected chi connectivity index (χ3v) is 13.8. The fraction of sp³-hybridized carbons (Fsp3) is 0.343. The molecular weight excluding hydrogens is 659 g/mol. The summed E-state index contributed by atoms with van der Waals surface area (Å²) in [6.07, 6.45) is 0. The summed E-state index contributed by atoms with van der Waals surface area (Å²) < 4.78 is 0. The molecule has 0 unspecified atom stereocenters. The van der Waals surface area contributed by atoms with E-state index in [1.807, 2.05) is 0 Å². The molecular formula is C35H47Cl3N4SiTi. The molecule has 0 radical (unpaired) electrons. The second-order valence-electron chi connectivity index (χ2n) is 12.0. The van der Waals surface area contributed by atoms with E-state index in [1.165, 1.54) is 65.8 Å². The minimum absolute atomic E-state index is 0. The van der Waals surface area contributed by atoms with Crippen molar-refractivity contribution in [1.29, 1.82) is 0 Å². The molecule has 236 valence electrons. The van der Waals surface area contributed by atoms with Gasteiger partial charge in [-0.05, 0) is 36.4 Å². The van der Waals surface area contributed by atoms with Crippen molar-refractivity contribution in [3.63, 3.8) is 0 Å². The Bertz CT molecular complexity index is 1380. The predicted molar refractivity (Wildman–Crippen MR) is 182 cm³/mol. The van der Waals surface area contributed by atoms with E-state index in [1.54, 1.807) is 0 Å². The van der Waals surface area contributed by atoms with Crippen molar-refractivity contribution in [3.05, 3.63) is 89.0 Å². The van der Waals surface area contributed by atoms with Gasteiger partial charge >= 0.3 is 21.7 Å². The Hall–Kier alpha value is -1.99. The molecule has 0 saturated heterocycles. The maximum Gasteiger partial charge on any atom is 4.00 e. The molecule has 0 heterocycles. The summed E-state index contributed by atoms with van der Waals surface area (Å²) in [6.45, 7) is 9.30. The SMILES string of the molecule is Cc1c(C)c(C)[c-]([Si](c2ccccc2)(c2cc(N(C)C)cc(N(C)C)c2)c2cc(N(C)C)cc(N(C)C)c2)c1C.[Cl-].[Cl-].[Cl-].[Ti+4]. The summed E-state index contributed by atoms with van der Waals surface area (Å²) in [7, 11) is 14.4. The van der Waals surface area contributed by atoms with Gasteiger partial charge in [-0.25, -0.2) is 0 Å². The van der Waals surface area contributed by atoms with Crippen molar-refractivity contribution in [3.8, 4) is 0 Å². The first-order valence-electron chi connectivity index (χ1n) is 14.1. The van der Waals surface area contributed by atoms with Gasteiger partial charge in [0.1, 0.15) is 8.07 Å². The number of hydrogen-bond donors (Lipinski definition) is 0. The van der Waals surface area contributed by atoms with Crippen LogP contribution in [0.5, 0.6) is 0 Å². The first kappa shape index (κ1) is 42.0. The summed E-state index contributed by atoms with van der Waals surface area (Å²) in [5, 5.41) is 5.75. The third-order valence-electron chi connectivity index (χ3n) is 8.76. The van der Waals surface area contributed by atoms with Gasteiger partial charge in [-0.2, -0.15) is 22.3 Å².